The molecule has 6 rings (SSSR count). The lowest BCUT2D eigenvalue weighted by molar-refractivity contribution is 0.0331. The van der Waals surface area contributed by atoms with Crippen molar-refractivity contribution in [1.82, 2.24) is 25.0 Å². The molecule has 3 aromatic heterocycles. The molecule has 0 bridgehead atoms. The van der Waals surface area contributed by atoms with E-state index in [0.717, 1.165) is 86.5 Å². The second-order valence-electron chi connectivity index (χ2n) is 9.01. The molecular formula is C25H28N6O2S. The van der Waals surface area contributed by atoms with Crippen LogP contribution in [0.4, 0.5) is 5.82 Å². The predicted molar refractivity (Wildman–Crippen MR) is 132 cm³/mol. The van der Waals surface area contributed by atoms with Crippen molar-refractivity contribution < 1.29 is 9.26 Å². The van der Waals surface area contributed by atoms with Crippen LogP contribution in [0.5, 0.6) is 0 Å². The van der Waals surface area contributed by atoms with Crippen LogP contribution < -0.4 is 4.90 Å². The standard InChI is InChI=1S/C25H28N6O2S/c1-17-26-24(33-29-17)19-8-5-9-31(14-19)23-22-20(18-6-3-2-4-7-18)16-34-25(22)28-21(27-23)15-30-10-12-32-13-11-30/h2-4,6-7,16,19H,5,8-15H2,1H3. The van der Waals surface area contributed by atoms with Crippen molar-refractivity contribution in [3.8, 4) is 11.1 Å². The van der Waals surface area contributed by atoms with Gasteiger partial charge in [0.25, 0.3) is 0 Å². The maximum Gasteiger partial charge on any atom is 0.231 e. The van der Waals surface area contributed by atoms with Gasteiger partial charge in [-0.05, 0) is 25.3 Å². The molecule has 9 heteroatoms. The van der Waals surface area contributed by atoms with Gasteiger partial charge < -0.3 is 14.2 Å². The molecule has 2 saturated heterocycles. The van der Waals surface area contributed by atoms with E-state index in [-0.39, 0.29) is 5.92 Å². The van der Waals surface area contributed by atoms with E-state index in [1.54, 1.807) is 11.3 Å². The fourth-order valence-corrected chi connectivity index (χ4v) is 5.87. The van der Waals surface area contributed by atoms with E-state index in [2.05, 4.69) is 55.7 Å². The fourth-order valence-electron chi connectivity index (χ4n) is 4.91. The van der Waals surface area contributed by atoms with Crippen LogP contribution in [0.1, 0.15) is 36.3 Å². The Hall–Kier alpha value is -2.88. The summed E-state index contributed by atoms with van der Waals surface area (Å²) in [4.78, 5) is 20.5. The summed E-state index contributed by atoms with van der Waals surface area (Å²) in [5.74, 6) is 3.53. The predicted octanol–water partition coefficient (Wildman–Crippen LogP) is 4.27. The van der Waals surface area contributed by atoms with E-state index in [0.29, 0.717) is 5.82 Å². The van der Waals surface area contributed by atoms with Crippen LogP contribution in [0.15, 0.2) is 40.2 Å². The van der Waals surface area contributed by atoms with Crippen LogP contribution in [-0.4, -0.2) is 64.4 Å². The molecule has 2 aliphatic heterocycles. The van der Waals surface area contributed by atoms with E-state index >= 15 is 0 Å². The highest BCUT2D eigenvalue weighted by Gasteiger charge is 2.29. The van der Waals surface area contributed by atoms with Crippen molar-refractivity contribution in [2.24, 2.45) is 0 Å². The molecule has 1 unspecified atom stereocenters. The van der Waals surface area contributed by atoms with E-state index in [1.807, 2.05) is 6.92 Å². The Balaban J connectivity index is 1.41. The first kappa shape index (κ1) is 21.6. The summed E-state index contributed by atoms with van der Waals surface area (Å²) >= 11 is 1.70. The summed E-state index contributed by atoms with van der Waals surface area (Å²) in [7, 11) is 0. The molecule has 2 fully saturated rings. The van der Waals surface area contributed by atoms with Crippen molar-refractivity contribution in [2.75, 3.05) is 44.3 Å². The maximum atomic E-state index is 5.54. The number of rotatable bonds is 5. The highest BCUT2D eigenvalue weighted by atomic mass is 32.1. The van der Waals surface area contributed by atoms with E-state index in [9.17, 15) is 0 Å². The topological polar surface area (TPSA) is 80.4 Å². The van der Waals surface area contributed by atoms with Crippen LogP contribution in [0.3, 0.4) is 0 Å². The van der Waals surface area contributed by atoms with Gasteiger partial charge in [0.2, 0.25) is 5.89 Å². The van der Waals surface area contributed by atoms with Gasteiger partial charge in [-0.25, -0.2) is 9.97 Å². The number of fused-ring (bicyclic) bond motifs is 1. The number of aryl methyl sites for hydroxylation is 1. The lowest BCUT2D eigenvalue weighted by atomic mass is 9.97. The van der Waals surface area contributed by atoms with Crippen LogP contribution in [0.25, 0.3) is 21.3 Å². The summed E-state index contributed by atoms with van der Waals surface area (Å²) in [5, 5.41) is 7.38. The van der Waals surface area contributed by atoms with E-state index in [1.165, 1.54) is 11.1 Å². The summed E-state index contributed by atoms with van der Waals surface area (Å²) in [6.07, 6.45) is 2.10. The van der Waals surface area contributed by atoms with Crippen LogP contribution >= 0.6 is 11.3 Å². The first-order valence-corrected chi connectivity index (χ1v) is 12.8. The van der Waals surface area contributed by atoms with Crippen molar-refractivity contribution in [2.45, 2.75) is 32.2 Å². The van der Waals surface area contributed by atoms with Gasteiger partial charge in [0.1, 0.15) is 16.5 Å². The van der Waals surface area contributed by atoms with Crippen molar-refractivity contribution in [3.63, 3.8) is 0 Å². The largest absolute Gasteiger partial charge is 0.379 e. The third kappa shape index (κ3) is 4.31. The van der Waals surface area contributed by atoms with Crippen molar-refractivity contribution >= 4 is 27.4 Å². The highest BCUT2D eigenvalue weighted by molar-refractivity contribution is 7.17. The Morgan fingerprint density at radius 1 is 1.06 bits per heavy atom. The Bertz CT molecular complexity index is 1270. The van der Waals surface area contributed by atoms with Crippen LogP contribution in [0, 0.1) is 6.92 Å². The van der Waals surface area contributed by atoms with E-state index in [4.69, 9.17) is 19.2 Å². The summed E-state index contributed by atoms with van der Waals surface area (Å²) in [5.41, 5.74) is 2.39. The van der Waals surface area contributed by atoms with Crippen molar-refractivity contribution in [1.29, 1.82) is 0 Å². The molecule has 8 nitrogen and oxygen atoms in total. The number of thiophene rings is 1. The van der Waals surface area contributed by atoms with Crippen LogP contribution in [0.2, 0.25) is 0 Å². The minimum atomic E-state index is 0.210. The van der Waals surface area contributed by atoms with Gasteiger partial charge in [0.15, 0.2) is 5.82 Å². The van der Waals surface area contributed by atoms with Gasteiger partial charge in [-0.15, -0.1) is 11.3 Å². The summed E-state index contributed by atoms with van der Waals surface area (Å²) < 4.78 is 11.1. The quantitative estimate of drug-likeness (QED) is 0.423. The number of nitrogens with zero attached hydrogens (tertiary/aromatic N) is 6. The summed E-state index contributed by atoms with van der Waals surface area (Å²) in [6, 6.07) is 10.5. The SMILES string of the molecule is Cc1noc(C2CCCN(c3nc(CN4CCOCC4)nc4scc(-c5ccccc5)c34)C2)n1. The lowest BCUT2D eigenvalue weighted by Crippen LogP contribution is -2.37. The molecule has 176 valence electrons. The van der Waals surface area contributed by atoms with E-state index < -0.39 is 0 Å². The minimum Gasteiger partial charge on any atom is -0.379 e. The van der Waals surface area contributed by atoms with Gasteiger partial charge in [-0.2, -0.15) is 4.98 Å². The van der Waals surface area contributed by atoms with Gasteiger partial charge in [-0.1, -0.05) is 35.5 Å². The van der Waals surface area contributed by atoms with Gasteiger partial charge in [0.05, 0.1) is 31.1 Å². The minimum absolute atomic E-state index is 0.210. The van der Waals surface area contributed by atoms with Gasteiger partial charge in [-0.3, -0.25) is 4.90 Å². The monoisotopic (exact) mass is 476 g/mol. The number of anilines is 1. The molecule has 0 radical (unpaired) electrons. The average molecular weight is 477 g/mol. The Labute approximate surface area is 202 Å². The molecule has 0 amide bonds. The first-order valence-electron chi connectivity index (χ1n) is 11.9. The molecule has 2 aliphatic rings. The average Bonchev–Trinajstić information content (AvgIpc) is 3.51. The molecule has 0 aliphatic carbocycles. The lowest BCUT2D eigenvalue weighted by Gasteiger charge is -2.33. The number of ether oxygens (including phenoxy) is 1. The second kappa shape index (κ2) is 9.40. The number of piperidine rings is 1. The zero-order chi connectivity index (χ0) is 22.9. The Morgan fingerprint density at radius 3 is 2.71 bits per heavy atom. The molecule has 1 aromatic carbocycles. The molecule has 5 heterocycles. The molecule has 0 N–H and O–H groups in total. The number of hydrogen-bond acceptors (Lipinski definition) is 9. The molecular weight excluding hydrogens is 448 g/mol. The number of benzene rings is 1. The highest BCUT2D eigenvalue weighted by Crippen LogP contribution is 2.40. The number of aromatic nitrogens is 4. The number of morpholine rings is 1. The van der Waals surface area contributed by atoms with Gasteiger partial charge in [0, 0.05) is 37.1 Å². The Kier molecular flexibility index (Phi) is 5.98. The molecule has 0 saturated carbocycles. The van der Waals surface area contributed by atoms with Gasteiger partial charge >= 0.3 is 0 Å². The molecule has 4 aromatic rings. The molecule has 1 atom stereocenters. The zero-order valence-corrected chi connectivity index (χ0v) is 20.1. The third-order valence-corrected chi connectivity index (χ3v) is 7.50. The zero-order valence-electron chi connectivity index (χ0n) is 19.3. The van der Waals surface area contributed by atoms with Crippen molar-refractivity contribution in [3.05, 3.63) is 53.3 Å². The molecule has 34 heavy (non-hydrogen) atoms. The smallest absolute Gasteiger partial charge is 0.231 e. The summed E-state index contributed by atoms with van der Waals surface area (Å²) in [6.45, 7) is 7.75. The maximum absolute atomic E-state index is 5.54. The van der Waals surface area contributed by atoms with Crippen LogP contribution in [-0.2, 0) is 11.3 Å². The first-order chi connectivity index (χ1) is 16.7. The fraction of sp³-hybridized carbons (Fsp3) is 0.440. The number of hydrogen-bond donors (Lipinski definition) is 0. The normalized spacial score (nSPS) is 19.7. The second-order valence-corrected chi connectivity index (χ2v) is 9.87. The molecule has 0 spiro atoms. The Morgan fingerprint density at radius 2 is 1.91 bits per heavy atom. The third-order valence-electron chi connectivity index (χ3n) is 6.63.